The normalized spacial score (nSPS) is 12.8. The molecule has 4 nitrogen and oxygen atoms in total. The maximum atomic E-state index is 9.83. The van der Waals surface area contributed by atoms with Gasteiger partial charge in [0.05, 0.1) is 0 Å². The van der Waals surface area contributed by atoms with Gasteiger partial charge in [0.2, 0.25) is 0 Å². The van der Waals surface area contributed by atoms with Crippen LogP contribution in [-0.4, -0.2) is 11.1 Å². The summed E-state index contributed by atoms with van der Waals surface area (Å²) >= 11 is 0. The molecule has 3 rings (SSSR count). The van der Waals surface area contributed by atoms with E-state index in [2.05, 4.69) is 10.3 Å². The first-order chi connectivity index (χ1) is 8.25. The van der Waals surface area contributed by atoms with E-state index in [-0.39, 0.29) is 11.7 Å². The van der Waals surface area contributed by atoms with E-state index < -0.39 is 0 Å². The Balaban J connectivity index is 2.37. The van der Waals surface area contributed by atoms with E-state index in [1.807, 2.05) is 30.3 Å². The van der Waals surface area contributed by atoms with Crippen molar-refractivity contribution in [3.8, 4) is 16.9 Å². The number of phenolic OH excluding ortho intramolecular Hbond substituents is 1. The summed E-state index contributed by atoms with van der Waals surface area (Å²) in [5.74, 6) is 0.404. The van der Waals surface area contributed by atoms with Crippen molar-refractivity contribution in [3.63, 3.8) is 0 Å². The van der Waals surface area contributed by atoms with Crippen molar-refractivity contribution >= 4 is 17.3 Å². The van der Waals surface area contributed by atoms with Crippen LogP contribution in [0.2, 0.25) is 0 Å². The third kappa shape index (κ3) is 1.50. The summed E-state index contributed by atoms with van der Waals surface area (Å²) in [6.07, 6.45) is 0. The molecule has 4 heteroatoms. The third-order valence-electron chi connectivity index (χ3n) is 2.73. The van der Waals surface area contributed by atoms with Crippen LogP contribution in [0, 0.1) is 0 Å². The first-order valence-electron chi connectivity index (χ1n) is 5.28. The van der Waals surface area contributed by atoms with Crippen LogP contribution in [0.15, 0.2) is 47.5 Å². The second-order valence-corrected chi connectivity index (χ2v) is 3.84. The molecule has 17 heavy (non-hydrogen) atoms. The summed E-state index contributed by atoms with van der Waals surface area (Å²) in [5.41, 5.74) is 8.99. The molecule has 0 fully saturated rings. The van der Waals surface area contributed by atoms with Crippen LogP contribution in [0.5, 0.6) is 5.75 Å². The molecular formula is C13H11N3O. The standard InChI is InChI=1S/C13H11N3O/c14-13-15-10-6-2-1-4-8(10)9-5-3-7-11(17)12(9)16-13/h1-7,17H,(H3,14,15,16). The number of nitrogens with one attached hydrogen (secondary N) is 1. The van der Waals surface area contributed by atoms with Gasteiger partial charge in [-0.05, 0) is 12.1 Å². The number of aromatic hydroxyl groups is 1. The van der Waals surface area contributed by atoms with Gasteiger partial charge in [-0.25, -0.2) is 4.99 Å². The fraction of sp³-hybridized carbons (Fsp3) is 0. The van der Waals surface area contributed by atoms with Crippen molar-refractivity contribution in [2.24, 2.45) is 10.7 Å². The van der Waals surface area contributed by atoms with Crippen molar-refractivity contribution in [2.75, 3.05) is 5.32 Å². The first-order valence-corrected chi connectivity index (χ1v) is 5.28. The van der Waals surface area contributed by atoms with E-state index in [1.54, 1.807) is 12.1 Å². The van der Waals surface area contributed by atoms with Crippen molar-refractivity contribution in [2.45, 2.75) is 0 Å². The lowest BCUT2D eigenvalue weighted by Crippen LogP contribution is -2.21. The summed E-state index contributed by atoms with van der Waals surface area (Å²) in [6.45, 7) is 0. The Morgan fingerprint density at radius 1 is 1.00 bits per heavy atom. The molecule has 0 spiro atoms. The number of guanidine groups is 1. The Kier molecular flexibility index (Phi) is 2.01. The Morgan fingerprint density at radius 3 is 2.65 bits per heavy atom. The lowest BCUT2D eigenvalue weighted by atomic mass is 10.0. The zero-order valence-electron chi connectivity index (χ0n) is 9.01. The van der Waals surface area contributed by atoms with Gasteiger partial charge >= 0.3 is 0 Å². The second kappa shape index (κ2) is 3.52. The summed E-state index contributed by atoms with van der Waals surface area (Å²) in [4.78, 5) is 4.19. The fourth-order valence-electron chi connectivity index (χ4n) is 1.98. The molecule has 2 aromatic carbocycles. The number of rotatable bonds is 0. The number of aliphatic imine (C=N–C) groups is 1. The van der Waals surface area contributed by atoms with E-state index in [0.717, 1.165) is 16.8 Å². The van der Waals surface area contributed by atoms with Crippen LogP contribution in [0.25, 0.3) is 11.1 Å². The molecule has 0 radical (unpaired) electrons. The molecule has 0 bridgehead atoms. The number of fused-ring (bicyclic) bond motifs is 3. The van der Waals surface area contributed by atoms with Crippen LogP contribution in [0.3, 0.4) is 0 Å². The highest BCUT2D eigenvalue weighted by Crippen LogP contribution is 2.41. The summed E-state index contributed by atoms with van der Waals surface area (Å²) in [7, 11) is 0. The lowest BCUT2D eigenvalue weighted by molar-refractivity contribution is 0.477. The largest absolute Gasteiger partial charge is 0.506 e. The number of nitrogens with zero attached hydrogens (tertiary/aromatic N) is 1. The van der Waals surface area contributed by atoms with E-state index >= 15 is 0 Å². The monoisotopic (exact) mass is 225 g/mol. The van der Waals surface area contributed by atoms with Gasteiger partial charge in [0.1, 0.15) is 11.4 Å². The molecule has 4 N–H and O–H groups in total. The average Bonchev–Trinajstić information content (AvgIpc) is 2.46. The predicted octanol–water partition coefficient (Wildman–Crippen LogP) is 2.43. The van der Waals surface area contributed by atoms with Crippen molar-refractivity contribution in [1.29, 1.82) is 0 Å². The van der Waals surface area contributed by atoms with Gasteiger partial charge in [-0.1, -0.05) is 30.3 Å². The van der Waals surface area contributed by atoms with E-state index in [9.17, 15) is 5.11 Å². The Labute approximate surface area is 98.4 Å². The second-order valence-electron chi connectivity index (χ2n) is 3.84. The molecule has 0 saturated carbocycles. The quantitative estimate of drug-likeness (QED) is 0.644. The van der Waals surface area contributed by atoms with Crippen LogP contribution >= 0.6 is 0 Å². The Morgan fingerprint density at radius 2 is 1.76 bits per heavy atom. The van der Waals surface area contributed by atoms with Gasteiger partial charge in [-0.2, -0.15) is 0 Å². The lowest BCUT2D eigenvalue weighted by Gasteiger charge is -2.08. The fourth-order valence-corrected chi connectivity index (χ4v) is 1.98. The van der Waals surface area contributed by atoms with Gasteiger partial charge in [0, 0.05) is 16.8 Å². The number of phenols is 1. The summed E-state index contributed by atoms with van der Waals surface area (Å²) < 4.78 is 0. The first kappa shape index (κ1) is 9.72. The van der Waals surface area contributed by atoms with Gasteiger partial charge in [0.25, 0.3) is 0 Å². The van der Waals surface area contributed by atoms with E-state index in [1.165, 1.54) is 0 Å². The zero-order valence-corrected chi connectivity index (χ0v) is 9.01. The highest BCUT2D eigenvalue weighted by molar-refractivity contribution is 6.03. The van der Waals surface area contributed by atoms with Crippen LogP contribution in [0.4, 0.5) is 11.4 Å². The molecule has 0 aromatic heterocycles. The Bertz CT molecular complexity index is 620. The third-order valence-corrected chi connectivity index (χ3v) is 2.73. The topological polar surface area (TPSA) is 70.6 Å². The smallest absolute Gasteiger partial charge is 0.198 e. The molecule has 0 aliphatic carbocycles. The Hall–Kier alpha value is -2.49. The van der Waals surface area contributed by atoms with Gasteiger partial charge < -0.3 is 16.2 Å². The van der Waals surface area contributed by atoms with E-state index in [4.69, 9.17) is 5.73 Å². The predicted molar refractivity (Wildman–Crippen MR) is 68.4 cm³/mol. The molecule has 0 amide bonds. The number of para-hydroxylation sites is 2. The molecule has 1 aliphatic heterocycles. The van der Waals surface area contributed by atoms with Gasteiger partial charge in [-0.3, -0.25) is 0 Å². The van der Waals surface area contributed by atoms with Crippen LogP contribution < -0.4 is 11.1 Å². The molecule has 1 heterocycles. The SMILES string of the molecule is NC1=Nc2c(O)cccc2-c2ccccc2N1. The maximum Gasteiger partial charge on any atom is 0.198 e. The van der Waals surface area contributed by atoms with Gasteiger partial charge in [-0.15, -0.1) is 0 Å². The number of benzene rings is 2. The molecule has 84 valence electrons. The number of nitrogens with two attached hydrogens (primary N) is 1. The highest BCUT2D eigenvalue weighted by Gasteiger charge is 2.16. The van der Waals surface area contributed by atoms with Crippen LogP contribution in [-0.2, 0) is 0 Å². The summed E-state index contributed by atoms with van der Waals surface area (Å²) in [6, 6.07) is 13.1. The van der Waals surface area contributed by atoms with E-state index in [0.29, 0.717) is 5.69 Å². The molecular weight excluding hydrogens is 214 g/mol. The van der Waals surface area contributed by atoms with Crippen molar-refractivity contribution < 1.29 is 5.11 Å². The van der Waals surface area contributed by atoms with Crippen molar-refractivity contribution in [1.82, 2.24) is 0 Å². The zero-order chi connectivity index (χ0) is 11.8. The molecule has 0 saturated heterocycles. The van der Waals surface area contributed by atoms with Crippen molar-refractivity contribution in [3.05, 3.63) is 42.5 Å². The molecule has 0 unspecified atom stereocenters. The summed E-state index contributed by atoms with van der Waals surface area (Å²) in [5, 5.41) is 12.8. The minimum atomic E-state index is 0.129. The molecule has 1 aliphatic rings. The molecule has 0 atom stereocenters. The number of hydrogen-bond donors (Lipinski definition) is 3. The average molecular weight is 225 g/mol. The maximum absolute atomic E-state index is 9.83. The van der Waals surface area contributed by atoms with Crippen LogP contribution in [0.1, 0.15) is 0 Å². The minimum Gasteiger partial charge on any atom is -0.506 e. The minimum absolute atomic E-state index is 0.129. The molecule has 2 aromatic rings. The number of hydrogen-bond acceptors (Lipinski definition) is 4. The number of anilines is 1. The highest BCUT2D eigenvalue weighted by atomic mass is 16.3. The van der Waals surface area contributed by atoms with Gasteiger partial charge in [0.15, 0.2) is 5.96 Å².